The van der Waals surface area contributed by atoms with Crippen LogP contribution in [0.1, 0.15) is 6.92 Å². The van der Waals surface area contributed by atoms with Gasteiger partial charge in [-0.05, 0) is 31.2 Å². The minimum atomic E-state index is -3.97. The van der Waals surface area contributed by atoms with Gasteiger partial charge >= 0.3 is 13.7 Å². The second-order valence-electron chi connectivity index (χ2n) is 5.26. The second kappa shape index (κ2) is 8.51. The molecule has 0 aliphatic rings. The highest BCUT2D eigenvalue weighted by Gasteiger charge is 2.33. The molecule has 138 valence electrons. The summed E-state index contributed by atoms with van der Waals surface area (Å²) in [6, 6.07) is 13.5. The highest BCUT2D eigenvalue weighted by atomic mass is 31.2. The van der Waals surface area contributed by atoms with E-state index in [9.17, 15) is 14.6 Å². The van der Waals surface area contributed by atoms with Gasteiger partial charge in [-0.15, -0.1) is 0 Å². The third-order valence-corrected chi connectivity index (χ3v) is 4.84. The molecule has 2 N–H and O–H groups in total. The van der Waals surface area contributed by atoms with E-state index in [-0.39, 0.29) is 5.75 Å². The van der Waals surface area contributed by atoms with Crippen LogP contribution in [-0.2, 0) is 14.1 Å². The zero-order valence-electron chi connectivity index (χ0n) is 14.4. The molecule has 0 spiro atoms. The summed E-state index contributed by atoms with van der Waals surface area (Å²) in [5.74, 6) is -0.107. The molecule has 0 heterocycles. The number of nitrogens with zero attached hydrogens (tertiary/aromatic N) is 1. The van der Waals surface area contributed by atoms with E-state index in [1.54, 1.807) is 30.3 Å². The number of methoxy groups -OCH3 is 1. The highest BCUT2D eigenvalue weighted by molar-refractivity contribution is 7.52. The minimum absolute atomic E-state index is 0.208. The molecule has 26 heavy (non-hydrogen) atoms. The van der Waals surface area contributed by atoms with E-state index in [0.717, 1.165) is 0 Å². The first-order chi connectivity index (χ1) is 12.3. The summed E-state index contributed by atoms with van der Waals surface area (Å²) >= 11 is 0. The fourth-order valence-electron chi connectivity index (χ4n) is 1.98. The largest absolute Gasteiger partial charge is 0.513 e. The first-order valence-corrected chi connectivity index (χ1v) is 9.17. The summed E-state index contributed by atoms with van der Waals surface area (Å²) in [4.78, 5) is 11.7. The Morgan fingerprint density at radius 2 is 1.65 bits per heavy atom. The van der Waals surface area contributed by atoms with Crippen molar-refractivity contribution >= 4 is 26.1 Å². The zero-order valence-corrected chi connectivity index (χ0v) is 15.3. The minimum Gasteiger partial charge on any atom is -0.468 e. The van der Waals surface area contributed by atoms with Crippen molar-refractivity contribution in [1.82, 2.24) is 5.09 Å². The SMILES string of the molecule is C=[N+](O)c1ccc(O[P@](=O)(N[C@@H](C)C(=O)OC)Oc2ccccc2)cc1. The van der Waals surface area contributed by atoms with Crippen LogP contribution >= 0.6 is 7.75 Å². The van der Waals surface area contributed by atoms with Gasteiger partial charge in [0.15, 0.2) is 6.72 Å². The molecule has 0 amide bonds. The number of hydrogen-bond donors (Lipinski definition) is 2. The number of carbonyl (C=O) groups excluding carboxylic acids is 1. The van der Waals surface area contributed by atoms with Crippen LogP contribution in [0.3, 0.4) is 0 Å². The van der Waals surface area contributed by atoms with Crippen LogP contribution in [0.2, 0.25) is 0 Å². The lowest BCUT2D eigenvalue weighted by Gasteiger charge is -2.22. The average molecular weight is 379 g/mol. The van der Waals surface area contributed by atoms with E-state index in [2.05, 4.69) is 16.5 Å². The summed E-state index contributed by atoms with van der Waals surface area (Å²) in [6.07, 6.45) is 0. The van der Waals surface area contributed by atoms with Crippen molar-refractivity contribution in [2.75, 3.05) is 7.11 Å². The molecule has 0 saturated carbocycles. The smallest absolute Gasteiger partial charge is 0.468 e. The Morgan fingerprint density at radius 3 is 2.15 bits per heavy atom. The summed E-state index contributed by atoms with van der Waals surface area (Å²) in [5, 5.41) is 11.8. The Bertz CT molecular complexity index is 810. The van der Waals surface area contributed by atoms with Gasteiger partial charge in [-0.25, -0.2) is 4.57 Å². The van der Waals surface area contributed by atoms with Crippen molar-refractivity contribution in [3.05, 3.63) is 54.6 Å². The lowest BCUT2D eigenvalue weighted by Crippen LogP contribution is -2.35. The van der Waals surface area contributed by atoms with E-state index < -0.39 is 19.8 Å². The summed E-state index contributed by atoms with van der Waals surface area (Å²) < 4.78 is 29.5. The lowest BCUT2D eigenvalue weighted by atomic mass is 10.3. The van der Waals surface area contributed by atoms with E-state index in [0.29, 0.717) is 16.2 Å². The molecular formula is C17H20N2O6P+. The standard InChI is InChI=1S/C17H20N2O6P/c1-13(17(20)23-3)18-26(22,24-15-7-5-4-6-8-15)25-16-11-9-14(10-12-16)19(2)21/h4-13,21H,2H2,1,3H3,(H,18,22)/q+1/t13-,26-/m0/s1. The number of para-hydroxylation sites is 1. The highest BCUT2D eigenvalue weighted by Crippen LogP contribution is 2.45. The van der Waals surface area contributed by atoms with Crippen molar-refractivity contribution in [3.63, 3.8) is 0 Å². The van der Waals surface area contributed by atoms with Gasteiger partial charge in [-0.3, -0.25) is 10.0 Å². The molecule has 0 aliphatic carbocycles. The van der Waals surface area contributed by atoms with Crippen molar-refractivity contribution in [2.24, 2.45) is 0 Å². The molecule has 2 aromatic rings. The predicted octanol–water partition coefficient (Wildman–Crippen LogP) is 3.14. The Kier molecular flexibility index (Phi) is 6.38. The van der Waals surface area contributed by atoms with Crippen LogP contribution in [0.5, 0.6) is 11.5 Å². The lowest BCUT2D eigenvalue weighted by molar-refractivity contribution is -0.706. The number of hydrogen-bond acceptors (Lipinski definition) is 6. The number of ether oxygens (including phenoxy) is 1. The maximum absolute atomic E-state index is 13.2. The monoisotopic (exact) mass is 379 g/mol. The molecule has 0 unspecified atom stereocenters. The molecule has 0 saturated heterocycles. The Labute approximate surface area is 151 Å². The molecule has 2 atom stereocenters. The predicted molar refractivity (Wildman–Crippen MR) is 95.2 cm³/mol. The van der Waals surface area contributed by atoms with Gasteiger partial charge in [0.25, 0.3) is 5.69 Å². The van der Waals surface area contributed by atoms with Gasteiger partial charge < -0.3 is 13.8 Å². The van der Waals surface area contributed by atoms with Crippen LogP contribution in [0, 0.1) is 0 Å². The van der Waals surface area contributed by atoms with Crippen LogP contribution in [-0.4, -0.2) is 35.8 Å². The molecule has 0 fully saturated rings. The molecule has 2 aromatic carbocycles. The Hall–Kier alpha value is -2.83. The third-order valence-electron chi connectivity index (χ3n) is 3.24. The van der Waals surface area contributed by atoms with Gasteiger partial charge in [0.05, 0.1) is 7.11 Å². The topological polar surface area (TPSA) is 97.1 Å². The molecule has 0 radical (unpaired) electrons. The molecule has 0 aliphatic heterocycles. The van der Waals surface area contributed by atoms with Gasteiger partial charge in [-0.2, -0.15) is 5.09 Å². The number of benzene rings is 2. The van der Waals surface area contributed by atoms with Crippen LogP contribution in [0.25, 0.3) is 0 Å². The number of carbonyl (C=O) groups is 1. The summed E-state index contributed by atoms with van der Waals surface area (Å²) in [7, 11) is -2.74. The average Bonchev–Trinajstić information content (AvgIpc) is 2.61. The fourth-order valence-corrected chi connectivity index (χ4v) is 3.50. The summed E-state index contributed by atoms with van der Waals surface area (Å²) in [6.45, 7) is 4.82. The molecular weight excluding hydrogens is 359 g/mol. The summed E-state index contributed by atoms with van der Waals surface area (Å²) in [5.41, 5.74) is 0.409. The maximum Gasteiger partial charge on any atom is 0.513 e. The van der Waals surface area contributed by atoms with Gasteiger partial charge in [-0.1, -0.05) is 18.2 Å². The number of nitrogens with one attached hydrogen (secondary N) is 1. The first-order valence-electron chi connectivity index (χ1n) is 7.62. The van der Waals surface area contributed by atoms with E-state index in [4.69, 9.17) is 9.05 Å². The Morgan fingerprint density at radius 1 is 1.12 bits per heavy atom. The maximum atomic E-state index is 13.2. The van der Waals surface area contributed by atoms with Crippen LogP contribution < -0.4 is 14.1 Å². The zero-order chi connectivity index (χ0) is 19.2. The van der Waals surface area contributed by atoms with Crippen LogP contribution in [0.15, 0.2) is 54.6 Å². The third kappa shape index (κ3) is 5.34. The van der Waals surface area contributed by atoms with Crippen molar-refractivity contribution in [3.8, 4) is 11.5 Å². The normalized spacial score (nSPS) is 13.9. The van der Waals surface area contributed by atoms with E-state index in [1.165, 1.54) is 38.3 Å². The second-order valence-corrected chi connectivity index (χ2v) is 6.88. The van der Waals surface area contributed by atoms with Crippen LogP contribution in [0.4, 0.5) is 5.69 Å². The van der Waals surface area contributed by atoms with E-state index in [1.807, 2.05) is 0 Å². The van der Waals surface area contributed by atoms with Gasteiger partial charge in [0.1, 0.15) is 17.5 Å². The number of rotatable bonds is 8. The Balaban J connectivity index is 2.25. The molecule has 0 bridgehead atoms. The van der Waals surface area contributed by atoms with Gasteiger partial charge in [0, 0.05) is 16.9 Å². The first kappa shape index (κ1) is 19.5. The molecule has 9 heteroatoms. The number of esters is 1. The van der Waals surface area contributed by atoms with Crippen molar-refractivity contribution < 1.29 is 33.1 Å². The van der Waals surface area contributed by atoms with Crippen molar-refractivity contribution in [2.45, 2.75) is 13.0 Å². The van der Waals surface area contributed by atoms with E-state index >= 15 is 0 Å². The van der Waals surface area contributed by atoms with Crippen molar-refractivity contribution in [1.29, 1.82) is 0 Å². The molecule has 8 nitrogen and oxygen atoms in total. The fraction of sp³-hybridized carbons (Fsp3) is 0.176. The molecule has 0 aromatic heterocycles. The quantitative estimate of drug-likeness (QED) is 0.182. The van der Waals surface area contributed by atoms with Gasteiger partial charge in [0.2, 0.25) is 0 Å². The molecule has 2 rings (SSSR count).